The molecule has 9 nitrogen and oxygen atoms in total. The van der Waals surface area contributed by atoms with Gasteiger partial charge in [0.1, 0.15) is 18.1 Å². The first kappa shape index (κ1) is 16.6. The number of aromatic nitrogens is 1. The number of hydrogen-bond acceptors (Lipinski definition) is 7. The summed E-state index contributed by atoms with van der Waals surface area (Å²) in [7, 11) is 2.75. The predicted molar refractivity (Wildman–Crippen MR) is 83.6 cm³/mol. The van der Waals surface area contributed by atoms with Crippen LogP contribution in [0.2, 0.25) is 0 Å². The van der Waals surface area contributed by atoms with Crippen LogP contribution in [0.1, 0.15) is 22.2 Å². The van der Waals surface area contributed by atoms with Crippen LogP contribution in [-0.2, 0) is 9.53 Å². The van der Waals surface area contributed by atoms with E-state index in [1.54, 1.807) is 18.2 Å². The number of carbonyl (C=O) groups excluding carboxylic acids is 2. The molecule has 0 spiro atoms. The molecule has 9 heteroatoms. The van der Waals surface area contributed by atoms with E-state index in [2.05, 4.69) is 5.16 Å². The van der Waals surface area contributed by atoms with Crippen LogP contribution in [0.3, 0.4) is 0 Å². The Labute approximate surface area is 142 Å². The molecule has 1 N–H and O–H groups in total. The minimum Gasteiger partial charge on any atom is -0.497 e. The van der Waals surface area contributed by atoms with E-state index < -0.39 is 23.5 Å². The van der Waals surface area contributed by atoms with E-state index in [4.69, 9.17) is 18.7 Å². The maximum atomic E-state index is 12.7. The number of fused-ring (bicyclic) bond motifs is 1. The summed E-state index contributed by atoms with van der Waals surface area (Å²) in [5.74, 6) is -0.487. The second-order valence-electron chi connectivity index (χ2n) is 5.25. The summed E-state index contributed by atoms with van der Waals surface area (Å²) in [4.78, 5) is 37.6. The Morgan fingerprint density at radius 3 is 2.72 bits per heavy atom. The van der Waals surface area contributed by atoms with E-state index in [1.807, 2.05) is 0 Å². The Balaban J connectivity index is 2.06. The van der Waals surface area contributed by atoms with E-state index in [0.717, 1.165) is 6.07 Å². The van der Waals surface area contributed by atoms with Crippen LogP contribution in [0.5, 0.6) is 11.5 Å². The molecule has 0 fully saturated rings. The zero-order chi connectivity index (χ0) is 18.0. The normalized spacial score (nSPS) is 16.4. The number of amides is 1. The lowest BCUT2D eigenvalue weighted by atomic mass is 10.0. The second kappa shape index (κ2) is 6.71. The van der Waals surface area contributed by atoms with Crippen molar-refractivity contribution in [3.63, 3.8) is 0 Å². The molecular weight excluding hydrogens is 332 g/mol. The molecule has 0 aliphatic carbocycles. The summed E-state index contributed by atoms with van der Waals surface area (Å²) < 4.78 is 20.5. The summed E-state index contributed by atoms with van der Waals surface area (Å²) in [6.07, 6.45) is 0. The molecule has 0 radical (unpaired) electrons. The Morgan fingerprint density at radius 2 is 2.08 bits per heavy atom. The van der Waals surface area contributed by atoms with Gasteiger partial charge in [0.25, 0.3) is 11.5 Å². The third-order valence-electron chi connectivity index (χ3n) is 3.84. The second-order valence-corrected chi connectivity index (χ2v) is 5.25. The standard InChI is InChI=1S/C16H16N2O7/c1-22-9-3-4-10-11(7-9)24-6-5-18(14(10)16(21)23-2)15(20)12-8-13(19)17-25-12/h3-4,7-8,14H,5-6H2,1-2H3,(H,17,19). The van der Waals surface area contributed by atoms with Gasteiger partial charge in [0.15, 0.2) is 6.04 Å². The van der Waals surface area contributed by atoms with Gasteiger partial charge in [-0.3, -0.25) is 9.59 Å². The van der Waals surface area contributed by atoms with Crippen LogP contribution in [0.25, 0.3) is 0 Å². The molecule has 0 bridgehead atoms. The van der Waals surface area contributed by atoms with Crippen molar-refractivity contribution < 1.29 is 28.3 Å². The van der Waals surface area contributed by atoms with Crippen molar-refractivity contribution in [2.45, 2.75) is 6.04 Å². The van der Waals surface area contributed by atoms with Crippen LogP contribution in [0.4, 0.5) is 0 Å². The van der Waals surface area contributed by atoms with Gasteiger partial charge in [-0.05, 0) is 12.1 Å². The maximum Gasteiger partial charge on any atom is 0.333 e. The van der Waals surface area contributed by atoms with E-state index in [0.29, 0.717) is 17.1 Å². The number of carbonyl (C=O) groups is 2. The molecule has 132 valence electrons. The van der Waals surface area contributed by atoms with E-state index in [-0.39, 0.29) is 18.9 Å². The number of H-pyrrole nitrogens is 1. The molecule has 25 heavy (non-hydrogen) atoms. The smallest absolute Gasteiger partial charge is 0.333 e. The first-order valence-electron chi connectivity index (χ1n) is 7.43. The van der Waals surface area contributed by atoms with Crippen molar-refractivity contribution in [2.24, 2.45) is 0 Å². The number of hydrogen-bond donors (Lipinski definition) is 1. The summed E-state index contributed by atoms with van der Waals surface area (Å²) in [6, 6.07) is 4.91. The fourth-order valence-corrected chi connectivity index (χ4v) is 2.66. The maximum absolute atomic E-state index is 12.7. The number of benzene rings is 1. The SMILES string of the molecule is COC(=O)C1c2ccc(OC)cc2OCCN1C(=O)c1cc(=O)[nH]o1. The molecule has 0 saturated carbocycles. The minimum absolute atomic E-state index is 0.102. The molecular formula is C16H16N2O7. The van der Waals surface area contributed by atoms with Crippen molar-refractivity contribution in [2.75, 3.05) is 27.4 Å². The van der Waals surface area contributed by atoms with Gasteiger partial charge in [0.05, 0.1) is 26.8 Å². The summed E-state index contributed by atoms with van der Waals surface area (Å²) in [6.45, 7) is 0.249. The topological polar surface area (TPSA) is 111 Å². The number of nitrogens with zero attached hydrogens (tertiary/aromatic N) is 1. The van der Waals surface area contributed by atoms with Crippen molar-refractivity contribution in [3.05, 3.63) is 45.9 Å². The molecule has 1 aromatic carbocycles. The number of esters is 1. The van der Waals surface area contributed by atoms with Gasteiger partial charge in [-0.15, -0.1) is 0 Å². The first-order chi connectivity index (χ1) is 12.0. The highest BCUT2D eigenvalue weighted by molar-refractivity contribution is 5.95. The molecule has 1 unspecified atom stereocenters. The van der Waals surface area contributed by atoms with Crippen molar-refractivity contribution in [3.8, 4) is 11.5 Å². The van der Waals surface area contributed by atoms with Crippen molar-refractivity contribution in [1.82, 2.24) is 10.1 Å². The summed E-state index contributed by atoms with van der Waals surface area (Å²) in [5.41, 5.74) is -0.0921. The fourth-order valence-electron chi connectivity index (χ4n) is 2.66. The number of nitrogens with one attached hydrogen (secondary N) is 1. The van der Waals surface area contributed by atoms with Gasteiger partial charge in [-0.2, -0.15) is 5.16 Å². The molecule has 1 aromatic heterocycles. The molecule has 1 aliphatic heterocycles. The molecule has 1 aliphatic rings. The highest BCUT2D eigenvalue weighted by atomic mass is 16.5. The van der Waals surface area contributed by atoms with Gasteiger partial charge >= 0.3 is 5.97 Å². The molecule has 2 heterocycles. The Kier molecular flexibility index (Phi) is 4.46. The monoisotopic (exact) mass is 348 g/mol. The fraction of sp³-hybridized carbons (Fsp3) is 0.312. The highest BCUT2D eigenvalue weighted by Crippen LogP contribution is 2.36. The van der Waals surface area contributed by atoms with Crippen LogP contribution in [0, 0.1) is 0 Å². The zero-order valence-electron chi connectivity index (χ0n) is 13.6. The number of rotatable bonds is 3. The number of aromatic amines is 1. The lowest BCUT2D eigenvalue weighted by molar-refractivity contribution is -0.146. The number of methoxy groups -OCH3 is 2. The Morgan fingerprint density at radius 1 is 1.28 bits per heavy atom. The van der Waals surface area contributed by atoms with Crippen LogP contribution in [-0.4, -0.2) is 49.3 Å². The molecule has 2 aromatic rings. The number of ether oxygens (including phenoxy) is 3. The molecule has 3 rings (SSSR count). The van der Waals surface area contributed by atoms with Crippen LogP contribution < -0.4 is 15.0 Å². The lowest BCUT2D eigenvalue weighted by Gasteiger charge is -2.26. The van der Waals surface area contributed by atoms with Crippen LogP contribution >= 0.6 is 0 Å². The van der Waals surface area contributed by atoms with Crippen molar-refractivity contribution in [1.29, 1.82) is 0 Å². The van der Waals surface area contributed by atoms with E-state index in [9.17, 15) is 14.4 Å². The van der Waals surface area contributed by atoms with E-state index >= 15 is 0 Å². The van der Waals surface area contributed by atoms with Gasteiger partial charge in [-0.1, -0.05) is 0 Å². The lowest BCUT2D eigenvalue weighted by Crippen LogP contribution is -2.40. The quantitative estimate of drug-likeness (QED) is 0.814. The third kappa shape index (κ3) is 3.08. The average molecular weight is 348 g/mol. The van der Waals surface area contributed by atoms with E-state index in [1.165, 1.54) is 19.1 Å². The van der Waals surface area contributed by atoms with Crippen LogP contribution in [0.15, 0.2) is 33.6 Å². The van der Waals surface area contributed by atoms with Gasteiger partial charge in [0, 0.05) is 11.6 Å². The summed E-state index contributed by atoms with van der Waals surface area (Å²) in [5, 5.41) is 2.05. The van der Waals surface area contributed by atoms with Gasteiger partial charge < -0.3 is 23.6 Å². The van der Waals surface area contributed by atoms with Gasteiger partial charge in [0.2, 0.25) is 5.76 Å². The Bertz CT molecular complexity index is 854. The minimum atomic E-state index is -1.04. The molecule has 1 atom stereocenters. The first-order valence-corrected chi connectivity index (χ1v) is 7.43. The Hall–Kier alpha value is -3.23. The van der Waals surface area contributed by atoms with Crippen molar-refractivity contribution >= 4 is 11.9 Å². The molecule has 0 saturated heterocycles. The zero-order valence-corrected chi connectivity index (χ0v) is 13.6. The third-order valence-corrected chi connectivity index (χ3v) is 3.84. The predicted octanol–water partition coefficient (Wildman–Crippen LogP) is 0.725. The largest absolute Gasteiger partial charge is 0.497 e. The average Bonchev–Trinajstić information content (AvgIpc) is 2.97. The highest BCUT2D eigenvalue weighted by Gasteiger charge is 2.38. The molecule has 1 amide bonds. The van der Waals surface area contributed by atoms with Gasteiger partial charge in [-0.25, -0.2) is 4.79 Å². The summed E-state index contributed by atoms with van der Waals surface area (Å²) >= 11 is 0.